The molecule has 1 fully saturated rings. The van der Waals surface area contributed by atoms with Crippen LogP contribution in [-0.2, 0) is 11.3 Å². The summed E-state index contributed by atoms with van der Waals surface area (Å²) in [5.41, 5.74) is 1.30. The number of aliphatic carboxylic acids is 1. The molecule has 0 atom stereocenters. The zero-order valence-electron chi connectivity index (χ0n) is 10.7. The van der Waals surface area contributed by atoms with E-state index in [4.69, 9.17) is 5.11 Å². The van der Waals surface area contributed by atoms with Gasteiger partial charge in [0.15, 0.2) is 0 Å². The molecule has 1 N–H and O–H groups in total. The summed E-state index contributed by atoms with van der Waals surface area (Å²) in [5.74, 6) is -0.353. The summed E-state index contributed by atoms with van der Waals surface area (Å²) in [6, 6.07) is 14.9. The standard InChI is InChI=1S/C16H17NO2/c18-16(19)8-13-10-17(11-13)9-12-5-6-14-3-1-2-4-15(14)7-12/h1-7,13H,8-11H2,(H,18,19). The fraction of sp³-hybridized carbons (Fsp3) is 0.312. The van der Waals surface area contributed by atoms with Gasteiger partial charge in [-0.1, -0.05) is 36.4 Å². The van der Waals surface area contributed by atoms with Crippen molar-refractivity contribution in [3.8, 4) is 0 Å². The Hall–Kier alpha value is -1.87. The van der Waals surface area contributed by atoms with E-state index in [1.165, 1.54) is 16.3 Å². The second kappa shape index (κ2) is 5.02. The van der Waals surface area contributed by atoms with Gasteiger partial charge in [0.2, 0.25) is 0 Å². The third kappa shape index (κ3) is 2.76. The first-order chi connectivity index (χ1) is 9.20. The molecule has 3 nitrogen and oxygen atoms in total. The molecule has 0 amide bonds. The van der Waals surface area contributed by atoms with Crippen molar-refractivity contribution in [1.29, 1.82) is 0 Å². The third-order valence-electron chi connectivity index (χ3n) is 3.72. The van der Waals surface area contributed by atoms with Gasteiger partial charge in [-0.15, -0.1) is 0 Å². The molecule has 0 aromatic heterocycles. The van der Waals surface area contributed by atoms with Gasteiger partial charge in [0.1, 0.15) is 0 Å². The van der Waals surface area contributed by atoms with Crippen molar-refractivity contribution in [3.05, 3.63) is 48.0 Å². The van der Waals surface area contributed by atoms with Crippen LogP contribution in [0.5, 0.6) is 0 Å². The minimum Gasteiger partial charge on any atom is -0.481 e. The number of carboxylic acids is 1. The van der Waals surface area contributed by atoms with Crippen molar-refractivity contribution < 1.29 is 9.90 Å². The molecule has 1 heterocycles. The predicted octanol–water partition coefficient (Wildman–Crippen LogP) is 2.75. The van der Waals surface area contributed by atoms with E-state index >= 15 is 0 Å². The van der Waals surface area contributed by atoms with Crippen molar-refractivity contribution in [3.63, 3.8) is 0 Å². The molecular weight excluding hydrogens is 238 g/mol. The predicted molar refractivity (Wildman–Crippen MR) is 75.0 cm³/mol. The molecule has 0 aliphatic carbocycles. The maximum absolute atomic E-state index is 10.6. The van der Waals surface area contributed by atoms with E-state index in [1.54, 1.807) is 0 Å². The number of fused-ring (bicyclic) bond motifs is 1. The summed E-state index contributed by atoms with van der Waals surface area (Å²) in [6.07, 6.45) is 0.300. The molecule has 1 saturated heterocycles. The molecule has 3 heteroatoms. The lowest BCUT2D eigenvalue weighted by Crippen LogP contribution is -2.46. The van der Waals surface area contributed by atoms with E-state index < -0.39 is 5.97 Å². The van der Waals surface area contributed by atoms with Crippen LogP contribution in [0.25, 0.3) is 10.8 Å². The quantitative estimate of drug-likeness (QED) is 0.913. The zero-order valence-corrected chi connectivity index (χ0v) is 10.7. The maximum Gasteiger partial charge on any atom is 0.303 e. The van der Waals surface area contributed by atoms with Crippen LogP contribution in [0.15, 0.2) is 42.5 Å². The van der Waals surface area contributed by atoms with Gasteiger partial charge < -0.3 is 5.11 Å². The molecule has 0 saturated carbocycles. The Morgan fingerprint density at radius 3 is 2.63 bits per heavy atom. The average molecular weight is 255 g/mol. The smallest absolute Gasteiger partial charge is 0.303 e. The summed E-state index contributed by atoms with van der Waals surface area (Å²) in [7, 11) is 0. The Morgan fingerprint density at radius 2 is 1.89 bits per heavy atom. The first-order valence-electron chi connectivity index (χ1n) is 6.62. The molecule has 19 heavy (non-hydrogen) atoms. The molecule has 0 radical (unpaired) electrons. The van der Waals surface area contributed by atoms with E-state index in [9.17, 15) is 4.79 Å². The van der Waals surface area contributed by atoms with Crippen molar-refractivity contribution in [2.75, 3.05) is 13.1 Å². The lowest BCUT2D eigenvalue weighted by atomic mass is 9.95. The normalized spacial score (nSPS) is 16.4. The number of carboxylic acid groups (broad SMARTS) is 1. The van der Waals surface area contributed by atoms with E-state index in [0.717, 1.165) is 19.6 Å². The number of benzene rings is 2. The van der Waals surface area contributed by atoms with Gasteiger partial charge in [0.05, 0.1) is 6.42 Å². The van der Waals surface area contributed by atoms with Gasteiger partial charge in [-0.3, -0.25) is 9.69 Å². The third-order valence-corrected chi connectivity index (χ3v) is 3.72. The topological polar surface area (TPSA) is 40.5 Å². The Bertz CT molecular complexity index is 602. The van der Waals surface area contributed by atoms with Gasteiger partial charge in [-0.05, 0) is 28.3 Å². The molecule has 3 rings (SSSR count). The van der Waals surface area contributed by atoms with Crippen LogP contribution in [0.2, 0.25) is 0 Å². The number of nitrogens with zero attached hydrogens (tertiary/aromatic N) is 1. The Morgan fingerprint density at radius 1 is 1.16 bits per heavy atom. The van der Waals surface area contributed by atoms with E-state index in [1.807, 2.05) is 6.07 Å². The second-order valence-electron chi connectivity index (χ2n) is 5.34. The number of hydrogen-bond donors (Lipinski definition) is 1. The van der Waals surface area contributed by atoms with Crippen molar-refractivity contribution in [2.45, 2.75) is 13.0 Å². The van der Waals surface area contributed by atoms with Gasteiger partial charge in [0, 0.05) is 19.6 Å². The average Bonchev–Trinajstić information content (AvgIpc) is 2.35. The van der Waals surface area contributed by atoms with Gasteiger partial charge in [0.25, 0.3) is 0 Å². The van der Waals surface area contributed by atoms with Crippen molar-refractivity contribution in [1.82, 2.24) is 4.90 Å². The molecule has 2 aromatic rings. The first kappa shape index (κ1) is 12.2. The Kier molecular flexibility index (Phi) is 3.22. The van der Waals surface area contributed by atoms with Crippen molar-refractivity contribution in [2.24, 2.45) is 5.92 Å². The fourth-order valence-electron chi connectivity index (χ4n) is 2.78. The van der Waals surface area contributed by atoms with Crippen molar-refractivity contribution >= 4 is 16.7 Å². The number of likely N-dealkylation sites (tertiary alicyclic amines) is 1. The minimum atomic E-state index is -0.685. The highest BCUT2D eigenvalue weighted by atomic mass is 16.4. The van der Waals surface area contributed by atoms with E-state index in [2.05, 4.69) is 41.3 Å². The van der Waals surface area contributed by atoms with E-state index in [-0.39, 0.29) is 0 Å². The first-order valence-corrected chi connectivity index (χ1v) is 6.62. The van der Waals surface area contributed by atoms with Gasteiger partial charge in [-0.2, -0.15) is 0 Å². The van der Waals surface area contributed by atoms with Crippen LogP contribution < -0.4 is 0 Å². The molecule has 1 aliphatic rings. The summed E-state index contributed by atoms with van der Waals surface area (Å²) >= 11 is 0. The highest BCUT2D eigenvalue weighted by molar-refractivity contribution is 5.82. The largest absolute Gasteiger partial charge is 0.481 e. The Balaban J connectivity index is 1.62. The monoisotopic (exact) mass is 255 g/mol. The summed E-state index contributed by atoms with van der Waals surface area (Å²) in [5, 5.41) is 11.3. The molecule has 1 aliphatic heterocycles. The Labute approximate surface area is 112 Å². The van der Waals surface area contributed by atoms with Crippen LogP contribution in [0.4, 0.5) is 0 Å². The van der Waals surface area contributed by atoms with Crippen LogP contribution in [0.3, 0.4) is 0 Å². The maximum atomic E-state index is 10.6. The highest BCUT2D eigenvalue weighted by Gasteiger charge is 2.28. The minimum absolute atomic E-state index is 0.300. The zero-order chi connectivity index (χ0) is 13.2. The highest BCUT2D eigenvalue weighted by Crippen LogP contribution is 2.23. The molecule has 98 valence electrons. The van der Waals surface area contributed by atoms with Gasteiger partial charge >= 0.3 is 5.97 Å². The molecular formula is C16H17NO2. The SMILES string of the molecule is O=C(O)CC1CN(Cc2ccc3ccccc3c2)C1. The summed E-state index contributed by atoms with van der Waals surface area (Å²) < 4.78 is 0. The van der Waals surface area contributed by atoms with E-state index in [0.29, 0.717) is 12.3 Å². The summed E-state index contributed by atoms with van der Waals surface area (Å²) in [6.45, 7) is 2.72. The van der Waals surface area contributed by atoms with Crippen LogP contribution in [0.1, 0.15) is 12.0 Å². The summed E-state index contributed by atoms with van der Waals surface area (Å²) in [4.78, 5) is 12.9. The van der Waals surface area contributed by atoms with Crippen LogP contribution >= 0.6 is 0 Å². The fourth-order valence-corrected chi connectivity index (χ4v) is 2.78. The lowest BCUT2D eigenvalue weighted by molar-refractivity contribution is -0.139. The number of rotatable bonds is 4. The molecule has 0 unspecified atom stereocenters. The second-order valence-corrected chi connectivity index (χ2v) is 5.34. The number of hydrogen-bond acceptors (Lipinski definition) is 2. The molecule has 2 aromatic carbocycles. The van der Waals surface area contributed by atoms with Crippen LogP contribution in [0, 0.1) is 5.92 Å². The van der Waals surface area contributed by atoms with Crippen LogP contribution in [-0.4, -0.2) is 29.1 Å². The van der Waals surface area contributed by atoms with Gasteiger partial charge in [-0.25, -0.2) is 0 Å². The molecule has 0 bridgehead atoms. The lowest BCUT2D eigenvalue weighted by Gasteiger charge is -2.38. The molecule has 0 spiro atoms. The number of carbonyl (C=O) groups is 1.